The number of rotatable bonds is 5. The van der Waals surface area contributed by atoms with Gasteiger partial charge in [0.05, 0.1) is 0 Å². The first-order valence-corrected chi connectivity index (χ1v) is 9.91. The molecule has 0 atom stereocenters. The van der Waals surface area contributed by atoms with E-state index in [1.165, 1.54) is 36.0 Å². The Hall–Kier alpha value is -3.41. The molecule has 1 saturated heterocycles. The average Bonchev–Trinajstić information content (AvgIpc) is 3.26. The Kier molecular flexibility index (Phi) is 5.42. The van der Waals surface area contributed by atoms with Crippen LogP contribution in [-0.4, -0.2) is 29.0 Å². The molecule has 6 heteroatoms. The summed E-state index contributed by atoms with van der Waals surface area (Å²) >= 11 is 0. The normalized spacial score (nSPS) is 13.4. The number of aromatic nitrogens is 2. The Balaban J connectivity index is 1.43. The number of aryl methyl sites for hydroxylation is 2. The van der Waals surface area contributed by atoms with Crippen molar-refractivity contribution in [3.8, 4) is 0 Å². The van der Waals surface area contributed by atoms with Gasteiger partial charge in [-0.05, 0) is 74.2 Å². The molecule has 0 aliphatic carbocycles. The number of hydrogen-bond acceptors (Lipinski definition) is 5. The number of anilines is 4. The van der Waals surface area contributed by atoms with Crippen LogP contribution in [0.3, 0.4) is 0 Å². The molecule has 3 aromatic rings. The first kappa shape index (κ1) is 18.9. The van der Waals surface area contributed by atoms with E-state index in [1.807, 2.05) is 30.3 Å². The monoisotopic (exact) mass is 387 g/mol. The molecule has 0 bridgehead atoms. The second-order valence-corrected chi connectivity index (χ2v) is 7.41. The topological polar surface area (TPSA) is 70.2 Å². The summed E-state index contributed by atoms with van der Waals surface area (Å²) < 4.78 is 0. The molecule has 6 nitrogen and oxygen atoms in total. The molecule has 0 unspecified atom stereocenters. The van der Waals surface area contributed by atoms with Crippen LogP contribution in [0.15, 0.2) is 54.9 Å². The third-order valence-electron chi connectivity index (χ3n) is 5.28. The number of nitrogens with one attached hydrogen (secondary N) is 2. The van der Waals surface area contributed by atoms with Crippen LogP contribution in [0.5, 0.6) is 0 Å². The lowest BCUT2D eigenvalue weighted by Crippen LogP contribution is -2.18. The fourth-order valence-electron chi connectivity index (χ4n) is 3.44. The van der Waals surface area contributed by atoms with Crippen molar-refractivity contribution in [3.63, 3.8) is 0 Å². The summed E-state index contributed by atoms with van der Waals surface area (Å²) in [5.41, 5.74) is 5.61. The molecule has 2 aromatic carbocycles. The van der Waals surface area contributed by atoms with Gasteiger partial charge in [-0.2, -0.15) is 0 Å². The summed E-state index contributed by atoms with van der Waals surface area (Å²) in [6.07, 6.45) is 3.88. The first-order chi connectivity index (χ1) is 14.1. The van der Waals surface area contributed by atoms with Crippen LogP contribution in [0.4, 0.5) is 22.9 Å². The van der Waals surface area contributed by atoms with Crippen molar-refractivity contribution in [1.29, 1.82) is 0 Å². The Labute approximate surface area is 171 Å². The van der Waals surface area contributed by atoms with Crippen molar-refractivity contribution >= 4 is 28.8 Å². The Bertz CT molecular complexity index is 1010. The highest BCUT2D eigenvalue weighted by atomic mass is 16.1. The van der Waals surface area contributed by atoms with Gasteiger partial charge in [-0.1, -0.05) is 6.07 Å². The largest absolute Gasteiger partial charge is 0.372 e. The minimum absolute atomic E-state index is 0.260. The van der Waals surface area contributed by atoms with Crippen molar-refractivity contribution in [2.24, 2.45) is 0 Å². The fraction of sp³-hybridized carbons (Fsp3) is 0.261. The SMILES string of the molecule is Cc1ccc(Nc2cc(C(=O)Nc3ccc(N4CCCC4)cc3)ncn2)cc1C. The Morgan fingerprint density at radius 2 is 1.62 bits per heavy atom. The summed E-state index contributed by atoms with van der Waals surface area (Å²) in [7, 11) is 0. The molecule has 1 aromatic heterocycles. The lowest BCUT2D eigenvalue weighted by atomic mass is 10.1. The number of nitrogens with zero attached hydrogens (tertiary/aromatic N) is 3. The quantitative estimate of drug-likeness (QED) is 0.665. The molecule has 1 aliphatic heterocycles. The number of carbonyl (C=O) groups excluding carboxylic acids is 1. The highest BCUT2D eigenvalue weighted by Crippen LogP contribution is 2.23. The van der Waals surface area contributed by atoms with Gasteiger partial charge in [-0.3, -0.25) is 4.79 Å². The van der Waals surface area contributed by atoms with E-state index in [2.05, 4.69) is 51.5 Å². The van der Waals surface area contributed by atoms with Crippen molar-refractivity contribution in [1.82, 2.24) is 9.97 Å². The van der Waals surface area contributed by atoms with E-state index in [9.17, 15) is 4.79 Å². The molecule has 1 fully saturated rings. The molecule has 1 amide bonds. The zero-order valence-electron chi connectivity index (χ0n) is 16.8. The van der Waals surface area contributed by atoms with Gasteiger partial charge in [0.2, 0.25) is 0 Å². The molecule has 148 valence electrons. The molecule has 0 spiro atoms. The van der Waals surface area contributed by atoms with Gasteiger partial charge in [0.25, 0.3) is 5.91 Å². The van der Waals surface area contributed by atoms with Gasteiger partial charge in [-0.15, -0.1) is 0 Å². The lowest BCUT2D eigenvalue weighted by molar-refractivity contribution is 0.102. The second kappa shape index (κ2) is 8.31. The maximum absolute atomic E-state index is 12.6. The van der Waals surface area contributed by atoms with Crippen molar-refractivity contribution in [2.75, 3.05) is 28.6 Å². The molecule has 0 saturated carbocycles. The van der Waals surface area contributed by atoms with E-state index in [1.54, 1.807) is 6.07 Å². The number of amides is 1. The fourth-order valence-corrected chi connectivity index (χ4v) is 3.44. The number of benzene rings is 2. The number of hydrogen-bond donors (Lipinski definition) is 2. The zero-order valence-corrected chi connectivity index (χ0v) is 16.8. The highest BCUT2D eigenvalue weighted by molar-refractivity contribution is 6.03. The van der Waals surface area contributed by atoms with E-state index in [4.69, 9.17) is 0 Å². The lowest BCUT2D eigenvalue weighted by Gasteiger charge is -2.17. The maximum Gasteiger partial charge on any atom is 0.274 e. The van der Waals surface area contributed by atoms with Crippen molar-refractivity contribution in [2.45, 2.75) is 26.7 Å². The second-order valence-electron chi connectivity index (χ2n) is 7.41. The van der Waals surface area contributed by atoms with E-state index < -0.39 is 0 Å². The van der Waals surface area contributed by atoms with Gasteiger partial charge in [0, 0.05) is 36.2 Å². The van der Waals surface area contributed by atoms with Crippen LogP contribution in [0.25, 0.3) is 0 Å². The molecule has 2 N–H and O–H groups in total. The van der Waals surface area contributed by atoms with Gasteiger partial charge in [-0.25, -0.2) is 9.97 Å². The van der Waals surface area contributed by atoms with Crippen molar-refractivity contribution in [3.05, 3.63) is 71.7 Å². The zero-order chi connectivity index (χ0) is 20.2. The van der Waals surface area contributed by atoms with Gasteiger partial charge >= 0.3 is 0 Å². The Morgan fingerprint density at radius 3 is 2.34 bits per heavy atom. The van der Waals surface area contributed by atoms with Crippen LogP contribution in [0, 0.1) is 13.8 Å². The molecule has 1 aliphatic rings. The minimum atomic E-state index is -0.260. The molecular weight excluding hydrogens is 362 g/mol. The van der Waals surface area contributed by atoms with Gasteiger partial charge < -0.3 is 15.5 Å². The van der Waals surface area contributed by atoms with Gasteiger partial charge in [0.1, 0.15) is 17.8 Å². The van der Waals surface area contributed by atoms with Crippen LogP contribution in [-0.2, 0) is 0 Å². The van der Waals surface area contributed by atoms with Crippen LogP contribution in [0.1, 0.15) is 34.5 Å². The summed E-state index contributed by atoms with van der Waals surface area (Å²) in [6.45, 7) is 6.34. The summed E-state index contributed by atoms with van der Waals surface area (Å²) in [4.78, 5) is 23.3. The van der Waals surface area contributed by atoms with Crippen LogP contribution < -0.4 is 15.5 Å². The molecule has 0 radical (unpaired) electrons. The molecule has 29 heavy (non-hydrogen) atoms. The van der Waals surface area contributed by atoms with Crippen molar-refractivity contribution < 1.29 is 4.79 Å². The number of carbonyl (C=O) groups is 1. The smallest absolute Gasteiger partial charge is 0.274 e. The molecule has 2 heterocycles. The maximum atomic E-state index is 12.6. The summed E-state index contributed by atoms with van der Waals surface area (Å²) in [6, 6.07) is 15.7. The van der Waals surface area contributed by atoms with E-state index in [0.29, 0.717) is 11.5 Å². The minimum Gasteiger partial charge on any atom is -0.372 e. The van der Waals surface area contributed by atoms with E-state index in [0.717, 1.165) is 24.5 Å². The van der Waals surface area contributed by atoms with Crippen LogP contribution >= 0.6 is 0 Å². The van der Waals surface area contributed by atoms with E-state index in [-0.39, 0.29) is 5.91 Å². The molecular formula is C23H25N5O. The summed E-state index contributed by atoms with van der Waals surface area (Å²) in [5, 5.41) is 6.14. The van der Waals surface area contributed by atoms with E-state index >= 15 is 0 Å². The predicted octanol–water partition coefficient (Wildman–Crippen LogP) is 4.69. The predicted molar refractivity (Wildman–Crippen MR) is 117 cm³/mol. The average molecular weight is 387 g/mol. The standard InChI is InChI=1S/C23H25N5O/c1-16-5-6-19(13-17(16)2)26-22-14-21(24-15-25-22)23(29)27-18-7-9-20(10-8-18)28-11-3-4-12-28/h5-10,13-15H,3-4,11-12H2,1-2H3,(H,27,29)(H,24,25,26). The third kappa shape index (κ3) is 4.54. The Morgan fingerprint density at radius 1 is 0.897 bits per heavy atom. The highest BCUT2D eigenvalue weighted by Gasteiger charge is 2.13. The first-order valence-electron chi connectivity index (χ1n) is 9.91. The summed E-state index contributed by atoms with van der Waals surface area (Å²) in [5.74, 6) is 0.322. The van der Waals surface area contributed by atoms with Gasteiger partial charge in [0.15, 0.2) is 0 Å². The third-order valence-corrected chi connectivity index (χ3v) is 5.28. The van der Waals surface area contributed by atoms with Crippen LogP contribution in [0.2, 0.25) is 0 Å². The molecule has 4 rings (SSSR count).